The Labute approximate surface area is 152 Å². The molecule has 1 aromatic heterocycles. The molecule has 0 aliphatic rings. The van der Waals surface area contributed by atoms with Gasteiger partial charge >= 0.3 is 0 Å². The summed E-state index contributed by atoms with van der Waals surface area (Å²) in [7, 11) is 0. The van der Waals surface area contributed by atoms with Gasteiger partial charge < -0.3 is 10.1 Å². The van der Waals surface area contributed by atoms with Gasteiger partial charge in [-0.3, -0.25) is 4.79 Å². The molecule has 25 heavy (non-hydrogen) atoms. The molecule has 0 bridgehead atoms. The molecule has 3 rings (SSSR count). The van der Waals surface area contributed by atoms with E-state index in [-0.39, 0.29) is 5.91 Å². The lowest BCUT2D eigenvalue weighted by Gasteiger charge is -2.06. The molecule has 2 aromatic carbocycles. The molecule has 0 spiro atoms. The molecule has 0 saturated heterocycles. The Morgan fingerprint density at radius 2 is 1.76 bits per heavy atom. The van der Waals surface area contributed by atoms with Gasteiger partial charge in [-0.05, 0) is 73.2 Å². The molecule has 4 heteroatoms. The van der Waals surface area contributed by atoms with Crippen LogP contribution in [0.25, 0.3) is 0 Å². The van der Waals surface area contributed by atoms with E-state index in [4.69, 9.17) is 4.74 Å². The maximum atomic E-state index is 12.4. The van der Waals surface area contributed by atoms with Crippen LogP contribution in [0.2, 0.25) is 0 Å². The van der Waals surface area contributed by atoms with Gasteiger partial charge in [-0.25, -0.2) is 0 Å². The summed E-state index contributed by atoms with van der Waals surface area (Å²) in [5, 5.41) is 4.93. The van der Waals surface area contributed by atoms with Gasteiger partial charge in [0.15, 0.2) is 0 Å². The predicted molar refractivity (Wildman–Crippen MR) is 104 cm³/mol. The Bertz CT molecular complexity index is 878. The van der Waals surface area contributed by atoms with Gasteiger partial charge in [0.2, 0.25) is 0 Å². The molecule has 1 amide bonds. The number of carbonyl (C=O) groups excluding carboxylic acids is 1. The van der Waals surface area contributed by atoms with Crippen LogP contribution in [0.3, 0.4) is 0 Å². The number of hydrogen-bond acceptors (Lipinski definition) is 3. The van der Waals surface area contributed by atoms with E-state index < -0.39 is 0 Å². The highest BCUT2D eigenvalue weighted by Crippen LogP contribution is 2.21. The lowest BCUT2D eigenvalue weighted by molar-refractivity contribution is 0.103. The first-order valence-electron chi connectivity index (χ1n) is 8.16. The van der Waals surface area contributed by atoms with E-state index in [0.29, 0.717) is 11.5 Å². The summed E-state index contributed by atoms with van der Waals surface area (Å²) in [5.74, 6) is 0.754. The molecule has 0 atom stereocenters. The summed E-state index contributed by atoms with van der Waals surface area (Å²) in [6, 6.07) is 15.9. The van der Waals surface area contributed by atoms with Crippen molar-refractivity contribution in [2.24, 2.45) is 0 Å². The Balaban J connectivity index is 1.63. The number of carbonyl (C=O) groups is 1. The van der Waals surface area contributed by atoms with Crippen LogP contribution in [-0.4, -0.2) is 5.91 Å². The van der Waals surface area contributed by atoms with Crippen LogP contribution < -0.4 is 10.1 Å². The van der Waals surface area contributed by atoms with E-state index in [2.05, 4.69) is 11.4 Å². The number of aryl methyl sites for hydroxylation is 3. The molecule has 0 saturated carbocycles. The fourth-order valence-corrected chi connectivity index (χ4v) is 3.47. The number of anilines is 1. The molecule has 0 radical (unpaired) electrons. The molecule has 0 aliphatic carbocycles. The lowest BCUT2D eigenvalue weighted by atomic mass is 10.1. The van der Waals surface area contributed by atoms with Gasteiger partial charge in [-0.15, -0.1) is 11.3 Å². The SMILES string of the molecule is Cc1cc(C)cc(NC(=O)c2cc(COc3cccc(C)c3)cs2)c1. The first-order chi connectivity index (χ1) is 12.0. The monoisotopic (exact) mass is 351 g/mol. The van der Waals surface area contributed by atoms with Crippen molar-refractivity contribution >= 4 is 22.9 Å². The van der Waals surface area contributed by atoms with Crippen molar-refractivity contribution in [3.8, 4) is 5.75 Å². The third-order valence-electron chi connectivity index (χ3n) is 3.75. The maximum absolute atomic E-state index is 12.4. The number of nitrogens with one attached hydrogen (secondary N) is 1. The number of rotatable bonds is 5. The number of benzene rings is 2. The molecular weight excluding hydrogens is 330 g/mol. The van der Waals surface area contributed by atoms with Crippen molar-refractivity contribution in [2.75, 3.05) is 5.32 Å². The number of ether oxygens (including phenoxy) is 1. The second-order valence-corrected chi connectivity index (χ2v) is 7.17. The second-order valence-electron chi connectivity index (χ2n) is 6.25. The number of hydrogen-bond donors (Lipinski definition) is 1. The summed E-state index contributed by atoms with van der Waals surface area (Å²) < 4.78 is 5.79. The lowest BCUT2D eigenvalue weighted by Crippen LogP contribution is -2.10. The van der Waals surface area contributed by atoms with E-state index in [1.165, 1.54) is 11.3 Å². The van der Waals surface area contributed by atoms with Gasteiger partial charge in [0.1, 0.15) is 12.4 Å². The van der Waals surface area contributed by atoms with E-state index in [0.717, 1.165) is 33.7 Å². The summed E-state index contributed by atoms with van der Waals surface area (Å²) in [6.45, 7) is 6.53. The maximum Gasteiger partial charge on any atom is 0.265 e. The normalized spacial score (nSPS) is 10.5. The standard InChI is InChI=1S/C21H21NO2S/c1-14-5-4-6-19(10-14)24-12-17-11-20(25-13-17)21(23)22-18-8-15(2)7-16(3)9-18/h4-11,13H,12H2,1-3H3,(H,22,23). The van der Waals surface area contributed by atoms with Crippen molar-refractivity contribution in [3.05, 3.63) is 81.0 Å². The van der Waals surface area contributed by atoms with Crippen LogP contribution >= 0.6 is 11.3 Å². The van der Waals surface area contributed by atoms with Crippen molar-refractivity contribution in [1.29, 1.82) is 0 Å². The Morgan fingerprint density at radius 3 is 2.48 bits per heavy atom. The van der Waals surface area contributed by atoms with E-state index in [9.17, 15) is 4.79 Å². The highest BCUT2D eigenvalue weighted by molar-refractivity contribution is 7.12. The molecule has 0 fully saturated rings. The minimum absolute atomic E-state index is 0.0863. The van der Waals surface area contributed by atoms with Gasteiger partial charge in [0, 0.05) is 11.3 Å². The van der Waals surface area contributed by atoms with Crippen LogP contribution in [0, 0.1) is 20.8 Å². The van der Waals surface area contributed by atoms with Gasteiger partial charge in [0.05, 0.1) is 4.88 Å². The Hall–Kier alpha value is -2.59. The zero-order valence-electron chi connectivity index (χ0n) is 14.6. The van der Waals surface area contributed by atoms with Gasteiger partial charge in [-0.2, -0.15) is 0 Å². The average molecular weight is 351 g/mol. The first kappa shape index (κ1) is 17.2. The quantitative estimate of drug-likeness (QED) is 0.659. The van der Waals surface area contributed by atoms with E-state index in [1.807, 2.05) is 68.6 Å². The molecule has 0 unspecified atom stereocenters. The molecule has 3 aromatic rings. The van der Waals surface area contributed by atoms with Crippen LogP contribution in [0.15, 0.2) is 53.9 Å². The average Bonchev–Trinajstić information content (AvgIpc) is 3.01. The van der Waals surface area contributed by atoms with Crippen molar-refractivity contribution < 1.29 is 9.53 Å². The third kappa shape index (κ3) is 4.70. The van der Waals surface area contributed by atoms with E-state index in [1.54, 1.807) is 0 Å². The zero-order chi connectivity index (χ0) is 17.8. The summed E-state index contributed by atoms with van der Waals surface area (Å²) >= 11 is 1.43. The molecule has 128 valence electrons. The summed E-state index contributed by atoms with van der Waals surface area (Å²) in [6.07, 6.45) is 0. The van der Waals surface area contributed by atoms with Crippen molar-refractivity contribution in [3.63, 3.8) is 0 Å². The highest BCUT2D eigenvalue weighted by Gasteiger charge is 2.10. The van der Waals surface area contributed by atoms with E-state index >= 15 is 0 Å². The Kier molecular flexibility index (Phi) is 5.19. The van der Waals surface area contributed by atoms with Crippen LogP contribution in [-0.2, 0) is 6.61 Å². The molecule has 1 N–H and O–H groups in total. The summed E-state index contributed by atoms with van der Waals surface area (Å²) in [4.78, 5) is 13.1. The summed E-state index contributed by atoms with van der Waals surface area (Å²) in [5.41, 5.74) is 5.25. The van der Waals surface area contributed by atoms with Gasteiger partial charge in [0.25, 0.3) is 5.91 Å². The number of amides is 1. The van der Waals surface area contributed by atoms with Crippen molar-refractivity contribution in [2.45, 2.75) is 27.4 Å². The topological polar surface area (TPSA) is 38.3 Å². The smallest absolute Gasteiger partial charge is 0.265 e. The molecule has 3 nitrogen and oxygen atoms in total. The minimum atomic E-state index is -0.0863. The fourth-order valence-electron chi connectivity index (χ4n) is 2.68. The van der Waals surface area contributed by atoms with Crippen LogP contribution in [0.1, 0.15) is 31.9 Å². The van der Waals surface area contributed by atoms with Crippen molar-refractivity contribution in [1.82, 2.24) is 0 Å². The second kappa shape index (κ2) is 7.53. The third-order valence-corrected chi connectivity index (χ3v) is 4.73. The highest BCUT2D eigenvalue weighted by atomic mass is 32.1. The zero-order valence-corrected chi connectivity index (χ0v) is 15.4. The molecule has 1 heterocycles. The van der Waals surface area contributed by atoms with Gasteiger partial charge in [-0.1, -0.05) is 18.2 Å². The van der Waals surface area contributed by atoms with Crippen LogP contribution in [0.4, 0.5) is 5.69 Å². The largest absolute Gasteiger partial charge is 0.489 e. The number of thiophene rings is 1. The minimum Gasteiger partial charge on any atom is -0.489 e. The Morgan fingerprint density at radius 1 is 1.00 bits per heavy atom. The molecule has 0 aliphatic heterocycles. The predicted octanol–water partition coefficient (Wildman–Crippen LogP) is 5.50. The fraction of sp³-hybridized carbons (Fsp3) is 0.190. The molecular formula is C21H21NO2S. The first-order valence-corrected chi connectivity index (χ1v) is 9.04. The van der Waals surface area contributed by atoms with Crippen LogP contribution in [0.5, 0.6) is 5.75 Å².